The van der Waals surface area contributed by atoms with Crippen LogP contribution in [0.5, 0.6) is 0 Å². The van der Waals surface area contributed by atoms with Crippen LogP contribution in [0.1, 0.15) is 42.1 Å². The Hall–Kier alpha value is -1.36. The smallest absolute Gasteiger partial charge is 0.257 e. The summed E-state index contributed by atoms with van der Waals surface area (Å²) in [5.41, 5.74) is 0.614. The molecule has 0 aromatic carbocycles. The molecule has 1 amide bonds. The standard InChI is InChI=1S/C11H18N2O3/c1-7-9(8(2)16-13-7)10(15)12-11(3,4)5-6-14/h14H,5-6H2,1-4H3,(H,12,15). The van der Waals surface area contributed by atoms with Crippen molar-refractivity contribution in [1.82, 2.24) is 10.5 Å². The normalized spacial score (nSPS) is 11.6. The van der Waals surface area contributed by atoms with Gasteiger partial charge in [0.1, 0.15) is 11.3 Å². The van der Waals surface area contributed by atoms with Crippen LogP contribution in [0.3, 0.4) is 0 Å². The maximum absolute atomic E-state index is 11.9. The van der Waals surface area contributed by atoms with Gasteiger partial charge in [-0.3, -0.25) is 4.79 Å². The average Bonchev–Trinajstić information content (AvgIpc) is 2.44. The van der Waals surface area contributed by atoms with Crippen molar-refractivity contribution >= 4 is 5.91 Å². The summed E-state index contributed by atoms with van der Waals surface area (Å²) in [5, 5.41) is 15.4. The molecule has 0 spiro atoms. The zero-order valence-corrected chi connectivity index (χ0v) is 10.1. The van der Waals surface area contributed by atoms with Crippen molar-refractivity contribution in [3.63, 3.8) is 0 Å². The van der Waals surface area contributed by atoms with Crippen molar-refractivity contribution in [3.05, 3.63) is 17.0 Å². The van der Waals surface area contributed by atoms with Gasteiger partial charge in [0, 0.05) is 12.1 Å². The van der Waals surface area contributed by atoms with Crippen molar-refractivity contribution in [2.75, 3.05) is 6.61 Å². The summed E-state index contributed by atoms with van der Waals surface area (Å²) in [4.78, 5) is 11.9. The van der Waals surface area contributed by atoms with E-state index in [9.17, 15) is 4.79 Å². The lowest BCUT2D eigenvalue weighted by Crippen LogP contribution is -2.44. The van der Waals surface area contributed by atoms with Gasteiger partial charge in [0.25, 0.3) is 5.91 Å². The van der Waals surface area contributed by atoms with E-state index in [1.807, 2.05) is 13.8 Å². The number of carbonyl (C=O) groups is 1. The molecule has 1 rings (SSSR count). The Morgan fingerprint density at radius 2 is 2.12 bits per heavy atom. The molecular formula is C11H18N2O3. The number of aryl methyl sites for hydroxylation is 2. The summed E-state index contributed by atoms with van der Waals surface area (Å²) in [6, 6.07) is 0. The lowest BCUT2D eigenvalue weighted by Gasteiger charge is -2.25. The molecule has 0 bridgehead atoms. The summed E-state index contributed by atoms with van der Waals surface area (Å²) in [5.74, 6) is 0.296. The molecule has 0 saturated heterocycles. The molecule has 1 aromatic heterocycles. The third-order valence-electron chi connectivity index (χ3n) is 2.45. The van der Waals surface area contributed by atoms with Crippen LogP contribution >= 0.6 is 0 Å². The van der Waals surface area contributed by atoms with Crippen molar-refractivity contribution in [2.45, 2.75) is 39.7 Å². The molecular weight excluding hydrogens is 208 g/mol. The Kier molecular flexibility index (Phi) is 3.70. The molecule has 0 saturated carbocycles. The number of nitrogens with one attached hydrogen (secondary N) is 1. The van der Waals surface area contributed by atoms with E-state index in [0.717, 1.165) is 0 Å². The number of carbonyl (C=O) groups excluding carboxylic acids is 1. The molecule has 0 atom stereocenters. The van der Waals surface area contributed by atoms with Crippen LogP contribution in [-0.4, -0.2) is 28.3 Å². The Bertz CT molecular complexity index is 363. The van der Waals surface area contributed by atoms with Gasteiger partial charge < -0.3 is 14.9 Å². The fourth-order valence-corrected chi connectivity index (χ4v) is 1.52. The van der Waals surface area contributed by atoms with E-state index in [1.54, 1.807) is 13.8 Å². The molecule has 5 heteroatoms. The van der Waals surface area contributed by atoms with Crippen LogP contribution in [0.4, 0.5) is 0 Å². The Balaban J connectivity index is 2.80. The van der Waals surface area contributed by atoms with Crippen molar-refractivity contribution in [2.24, 2.45) is 0 Å². The molecule has 0 aliphatic rings. The van der Waals surface area contributed by atoms with Gasteiger partial charge in [-0.1, -0.05) is 5.16 Å². The number of aliphatic hydroxyl groups is 1. The zero-order chi connectivity index (χ0) is 12.3. The van der Waals surface area contributed by atoms with Gasteiger partial charge in [0.05, 0.1) is 5.69 Å². The van der Waals surface area contributed by atoms with Crippen LogP contribution < -0.4 is 5.32 Å². The Morgan fingerprint density at radius 3 is 2.56 bits per heavy atom. The van der Waals surface area contributed by atoms with Gasteiger partial charge in [0.2, 0.25) is 0 Å². The van der Waals surface area contributed by atoms with Crippen molar-refractivity contribution in [3.8, 4) is 0 Å². The highest BCUT2D eigenvalue weighted by Crippen LogP contribution is 2.15. The van der Waals surface area contributed by atoms with Crippen LogP contribution in [0.25, 0.3) is 0 Å². The maximum Gasteiger partial charge on any atom is 0.257 e. The minimum atomic E-state index is -0.442. The van der Waals surface area contributed by atoms with E-state index in [1.165, 1.54) is 0 Å². The molecule has 0 fully saturated rings. The first-order chi connectivity index (χ1) is 7.37. The molecule has 90 valence electrons. The first kappa shape index (κ1) is 12.7. The summed E-state index contributed by atoms with van der Waals surface area (Å²) in [6.45, 7) is 7.19. The quantitative estimate of drug-likeness (QED) is 0.808. The highest BCUT2D eigenvalue weighted by atomic mass is 16.5. The molecule has 0 aliphatic carbocycles. The Labute approximate surface area is 94.8 Å². The predicted octanol–water partition coefficient (Wildman–Crippen LogP) is 1.18. The molecule has 0 aliphatic heterocycles. The van der Waals surface area contributed by atoms with Crippen LogP contribution in [0, 0.1) is 13.8 Å². The van der Waals surface area contributed by atoms with Gasteiger partial charge in [-0.2, -0.15) is 0 Å². The van der Waals surface area contributed by atoms with Crippen LogP contribution in [0.15, 0.2) is 4.52 Å². The number of hydrogen-bond acceptors (Lipinski definition) is 4. The number of aromatic nitrogens is 1. The van der Waals surface area contributed by atoms with Crippen LogP contribution in [-0.2, 0) is 0 Å². The summed E-state index contributed by atoms with van der Waals surface area (Å²) in [7, 11) is 0. The number of nitrogens with zero attached hydrogens (tertiary/aromatic N) is 1. The number of hydrogen-bond donors (Lipinski definition) is 2. The fraction of sp³-hybridized carbons (Fsp3) is 0.636. The second kappa shape index (κ2) is 4.65. The van der Waals surface area contributed by atoms with Gasteiger partial charge in [-0.15, -0.1) is 0 Å². The first-order valence-corrected chi connectivity index (χ1v) is 5.23. The highest BCUT2D eigenvalue weighted by molar-refractivity contribution is 5.96. The zero-order valence-electron chi connectivity index (χ0n) is 10.1. The number of amides is 1. The molecule has 16 heavy (non-hydrogen) atoms. The molecule has 2 N–H and O–H groups in total. The fourth-order valence-electron chi connectivity index (χ4n) is 1.52. The van der Waals surface area contributed by atoms with Gasteiger partial charge in [-0.05, 0) is 34.1 Å². The third-order valence-corrected chi connectivity index (χ3v) is 2.45. The van der Waals surface area contributed by atoms with Gasteiger partial charge >= 0.3 is 0 Å². The van der Waals surface area contributed by atoms with E-state index in [2.05, 4.69) is 10.5 Å². The minimum absolute atomic E-state index is 0.0366. The lowest BCUT2D eigenvalue weighted by molar-refractivity contribution is 0.0897. The highest BCUT2D eigenvalue weighted by Gasteiger charge is 2.24. The molecule has 5 nitrogen and oxygen atoms in total. The molecule has 0 radical (unpaired) electrons. The third kappa shape index (κ3) is 2.82. The SMILES string of the molecule is Cc1noc(C)c1C(=O)NC(C)(C)CCO. The molecule has 1 aromatic rings. The second-order valence-corrected chi connectivity index (χ2v) is 4.51. The summed E-state index contributed by atoms with van der Waals surface area (Å²) < 4.78 is 4.93. The monoisotopic (exact) mass is 226 g/mol. The second-order valence-electron chi connectivity index (χ2n) is 4.51. The Morgan fingerprint density at radius 1 is 1.50 bits per heavy atom. The van der Waals surface area contributed by atoms with Gasteiger partial charge in [0.15, 0.2) is 0 Å². The average molecular weight is 226 g/mol. The molecule has 1 heterocycles. The van der Waals surface area contributed by atoms with Crippen molar-refractivity contribution < 1.29 is 14.4 Å². The first-order valence-electron chi connectivity index (χ1n) is 5.23. The van der Waals surface area contributed by atoms with Crippen LogP contribution in [0.2, 0.25) is 0 Å². The van der Waals surface area contributed by atoms with E-state index in [0.29, 0.717) is 23.4 Å². The number of aliphatic hydroxyl groups excluding tert-OH is 1. The number of rotatable bonds is 4. The minimum Gasteiger partial charge on any atom is -0.396 e. The predicted molar refractivity (Wildman–Crippen MR) is 59.2 cm³/mol. The van der Waals surface area contributed by atoms with E-state index in [-0.39, 0.29) is 12.5 Å². The lowest BCUT2D eigenvalue weighted by atomic mass is 10.0. The van der Waals surface area contributed by atoms with Gasteiger partial charge in [-0.25, -0.2) is 0 Å². The molecule has 0 unspecified atom stereocenters. The van der Waals surface area contributed by atoms with E-state index >= 15 is 0 Å². The largest absolute Gasteiger partial charge is 0.396 e. The van der Waals surface area contributed by atoms with E-state index in [4.69, 9.17) is 9.63 Å². The summed E-state index contributed by atoms with van der Waals surface area (Å²) >= 11 is 0. The van der Waals surface area contributed by atoms with E-state index < -0.39 is 5.54 Å². The maximum atomic E-state index is 11.9. The summed E-state index contributed by atoms with van der Waals surface area (Å²) in [6.07, 6.45) is 0.502. The van der Waals surface area contributed by atoms with Crippen molar-refractivity contribution in [1.29, 1.82) is 0 Å². The topological polar surface area (TPSA) is 75.4 Å².